The van der Waals surface area contributed by atoms with Crippen LogP contribution in [0, 0.1) is 19.7 Å². The van der Waals surface area contributed by atoms with Gasteiger partial charge in [0.2, 0.25) is 0 Å². The third-order valence-corrected chi connectivity index (χ3v) is 3.97. The zero-order valence-corrected chi connectivity index (χ0v) is 11.7. The zero-order chi connectivity index (χ0) is 14.3. The monoisotopic (exact) mass is 271 g/mol. The predicted molar refractivity (Wildman–Crippen MR) is 77.2 cm³/mol. The fraction of sp³-hybridized carbons (Fsp3) is 0.294. The molecule has 2 N–H and O–H groups in total. The van der Waals surface area contributed by atoms with E-state index in [1.807, 2.05) is 6.07 Å². The van der Waals surface area contributed by atoms with Crippen LogP contribution >= 0.6 is 0 Å². The summed E-state index contributed by atoms with van der Waals surface area (Å²) in [6, 6.07) is 10.6. The van der Waals surface area contributed by atoms with Gasteiger partial charge in [0.15, 0.2) is 0 Å². The van der Waals surface area contributed by atoms with Crippen LogP contribution in [0.3, 0.4) is 0 Å². The lowest BCUT2D eigenvalue weighted by atomic mass is 9.89. The lowest BCUT2D eigenvalue weighted by Gasteiger charge is -2.32. The van der Waals surface area contributed by atoms with Gasteiger partial charge in [-0.1, -0.05) is 18.2 Å². The quantitative estimate of drug-likeness (QED) is 0.852. The molecule has 2 nitrogen and oxygen atoms in total. The summed E-state index contributed by atoms with van der Waals surface area (Å²) in [6.45, 7) is 4.16. The van der Waals surface area contributed by atoms with Gasteiger partial charge in [0.05, 0.1) is 0 Å². The molecule has 2 aromatic carbocycles. The van der Waals surface area contributed by atoms with Crippen LogP contribution in [-0.2, 0) is 0 Å². The van der Waals surface area contributed by atoms with Gasteiger partial charge in [-0.3, -0.25) is 0 Å². The fourth-order valence-corrected chi connectivity index (χ4v) is 2.99. The number of hydrogen-bond acceptors (Lipinski definition) is 2. The second-order valence-electron chi connectivity index (χ2n) is 5.44. The lowest BCUT2D eigenvalue weighted by Crippen LogP contribution is -2.25. The van der Waals surface area contributed by atoms with E-state index in [0.29, 0.717) is 12.2 Å². The maximum absolute atomic E-state index is 13.3. The highest BCUT2D eigenvalue weighted by Crippen LogP contribution is 2.41. The number of benzene rings is 2. The Morgan fingerprint density at radius 1 is 1.15 bits per heavy atom. The molecule has 2 aromatic rings. The number of halogens is 1. The van der Waals surface area contributed by atoms with E-state index in [0.717, 1.165) is 5.56 Å². The van der Waals surface area contributed by atoms with Crippen molar-refractivity contribution >= 4 is 0 Å². The van der Waals surface area contributed by atoms with Crippen LogP contribution in [0.1, 0.15) is 40.8 Å². The zero-order valence-electron chi connectivity index (χ0n) is 11.7. The van der Waals surface area contributed by atoms with Crippen LogP contribution in [-0.4, -0.2) is 0 Å². The van der Waals surface area contributed by atoms with E-state index in [4.69, 9.17) is 10.5 Å². The highest BCUT2D eigenvalue weighted by molar-refractivity contribution is 5.42. The normalized spacial score (nSPS) is 21.2. The van der Waals surface area contributed by atoms with Crippen molar-refractivity contribution in [3.05, 3.63) is 64.5 Å². The Labute approximate surface area is 118 Å². The average Bonchev–Trinajstić information content (AvgIpc) is 2.39. The molecule has 0 radical (unpaired) electrons. The summed E-state index contributed by atoms with van der Waals surface area (Å²) in [5, 5.41) is 0. The van der Waals surface area contributed by atoms with Crippen LogP contribution in [0.25, 0.3) is 0 Å². The van der Waals surface area contributed by atoms with E-state index in [9.17, 15) is 4.39 Å². The van der Waals surface area contributed by atoms with Crippen LogP contribution in [0.5, 0.6) is 5.75 Å². The van der Waals surface area contributed by atoms with E-state index < -0.39 is 0 Å². The van der Waals surface area contributed by atoms with Crippen molar-refractivity contribution in [2.24, 2.45) is 5.73 Å². The van der Waals surface area contributed by atoms with Gasteiger partial charge in [-0.15, -0.1) is 0 Å². The molecule has 20 heavy (non-hydrogen) atoms. The molecule has 0 saturated carbocycles. The summed E-state index contributed by atoms with van der Waals surface area (Å²) in [6.07, 6.45) is 0.603. The second kappa shape index (κ2) is 4.91. The number of aryl methyl sites for hydroxylation is 2. The number of hydrogen-bond donors (Lipinski definition) is 1. The van der Waals surface area contributed by atoms with Gasteiger partial charge in [-0.05, 0) is 48.7 Å². The lowest BCUT2D eigenvalue weighted by molar-refractivity contribution is 0.160. The van der Waals surface area contributed by atoms with Gasteiger partial charge >= 0.3 is 0 Å². The Morgan fingerprint density at radius 2 is 1.85 bits per heavy atom. The third-order valence-electron chi connectivity index (χ3n) is 3.97. The highest BCUT2D eigenvalue weighted by Gasteiger charge is 2.29. The summed E-state index contributed by atoms with van der Waals surface area (Å²) < 4.78 is 19.4. The summed E-state index contributed by atoms with van der Waals surface area (Å²) in [5.74, 6) is 0.422. The fourth-order valence-electron chi connectivity index (χ4n) is 2.99. The molecule has 0 aromatic heterocycles. The maximum atomic E-state index is 13.3. The number of ether oxygens (including phenoxy) is 1. The molecule has 104 valence electrons. The Bertz CT molecular complexity index is 633. The Kier molecular flexibility index (Phi) is 3.22. The van der Waals surface area contributed by atoms with Gasteiger partial charge in [0.1, 0.15) is 17.7 Å². The molecule has 1 aliphatic heterocycles. The van der Waals surface area contributed by atoms with Crippen molar-refractivity contribution < 1.29 is 9.13 Å². The van der Waals surface area contributed by atoms with Crippen LogP contribution in [0.4, 0.5) is 4.39 Å². The van der Waals surface area contributed by atoms with Crippen molar-refractivity contribution in [1.82, 2.24) is 0 Å². The molecule has 0 spiro atoms. The largest absolute Gasteiger partial charge is 0.485 e. The maximum Gasteiger partial charge on any atom is 0.126 e. The third kappa shape index (κ3) is 2.18. The van der Waals surface area contributed by atoms with Crippen molar-refractivity contribution in [1.29, 1.82) is 0 Å². The van der Waals surface area contributed by atoms with Gasteiger partial charge < -0.3 is 10.5 Å². The molecule has 3 heteroatoms. The van der Waals surface area contributed by atoms with Crippen molar-refractivity contribution in [2.75, 3.05) is 0 Å². The molecule has 0 bridgehead atoms. The van der Waals surface area contributed by atoms with Gasteiger partial charge in [0.25, 0.3) is 0 Å². The molecular formula is C17H18FNO. The summed E-state index contributed by atoms with van der Waals surface area (Å²) >= 11 is 0. The van der Waals surface area contributed by atoms with Gasteiger partial charge in [0, 0.05) is 18.0 Å². The summed E-state index contributed by atoms with van der Waals surface area (Å²) in [4.78, 5) is 0. The van der Waals surface area contributed by atoms with E-state index in [-0.39, 0.29) is 18.0 Å². The SMILES string of the molecule is Cc1cccc(C)c1C1C[C@H](N)c2cc(F)ccc2O1. The summed E-state index contributed by atoms with van der Waals surface area (Å²) in [5.41, 5.74) is 10.5. The highest BCUT2D eigenvalue weighted by atomic mass is 19.1. The molecule has 0 fully saturated rings. The molecule has 0 amide bonds. The molecule has 3 rings (SSSR count). The Morgan fingerprint density at radius 3 is 2.55 bits per heavy atom. The number of fused-ring (bicyclic) bond motifs is 1. The molecular weight excluding hydrogens is 253 g/mol. The minimum Gasteiger partial charge on any atom is -0.485 e. The molecule has 2 atom stereocenters. The molecule has 0 saturated heterocycles. The second-order valence-corrected chi connectivity index (χ2v) is 5.44. The standard InChI is InChI=1S/C17H18FNO/c1-10-4-3-5-11(2)17(10)16-9-14(19)13-8-12(18)6-7-15(13)20-16/h3-8,14,16H,9,19H2,1-2H3/t14-,16?/m0/s1. The van der Waals surface area contributed by atoms with Crippen molar-refractivity contribution in [3.8, 4) is 5.75 Å². The predicted octanol–water partition coefficient (Wildman–Crippen LogP) is 3.97. The average molecular weight is 271 g/mol. The van der Waals surface area contributed by atoms with E-state index >= 15 is 0 Å². The topological polar surface area (TPSA) is 35.2 Å². The first-order chi connectivity index (χ1) is 9.56. The van der Waals surface area contributed by atoms with Crippen LogP contribution in [0.2, 0.25) is 0 Å². The van der Waals surface area contributed by atoms with Crippen molar-refractivity contribution in [3.63, 3.8) is 0 Å². The Balaban J connectivity index is 2.01. The van der Waals surface area contributed by atoms with Gasteiger partial charge in [-0.2, -0.15) is 0 Å². The minimum atomic E-state index is -0.270. The van der Waals surface area contributed by atoms with E-state index in [2.05, 4.69) is 26.0 Å². The number of rotatable bonds is 1. The molecule has 1 heterocycles. The van der Waals surface area contributed by atoms with Crippen LogP contribution in [0.15, 0.2) is 36.4 Å². The molecule has 0 aliphatic carbocycles. The summed E-state index contributed by atoms with van der Waals surface area (Å²) in [7, 11) is 0. The first-order valence-electron chi connectivity index (χ1n) is 6.84. The smallest absolute Gasteiger partial charge is 0.126 e. The van der Waals surface area contributed by atoms with E-state index in [1.54, 1.807) is 6.07 Å². The van der Waals surface area contributed by atoms with E-state index in [1.165, 1.54) is 28.8 Å². The first kappa shape index (κ1) is 13.1. The molecule has 1 aliphatic rings. The van der Waals surface area contributed by atoms with Crippen LogP contribution < -0.4 is 10.5 Å². The molecule has 1 unspecified atom stereocenters. The number of nitrogens with two attached hydrogens (primary N) is 1. The Hall–Kier alpha value is -1.87. The first-order valence-corrected chi connectivity index (χ1v) is 6.84. The van der Waals surface area contributed by atoms with Crippen molar-refractivity contribution in [2.45, 2.75) is 32.4 Å². The minimum absolute atomic E-state index is 0.0656. The van der Waals surface area contributed by atoms with Gasteiger partial charge in [-0.25, -0.2) is 4.39 Å².